The number of benzene rings is 1. The van der Waals surface area contributed by atoms with E-state index >= 15 is 0 Å². The molecule has 1 N–H and O–H groups in total. The molecule has 6 nitrogen and oxygen atoms in total. The molecular formula is C25H29N5OS. The molecule has 0 bridgehead atoms. The van der Waals surface area contributed by atoms with Gasteiger partial charge in [0.05, 0.1) is 17.2 Å². The van der Waals surface area contributed by atoms with Crippen LogP contribution in [0.5, 0.6) is 0 Å². The largest absolute Gasteiger partial charge is 0.317 e. The fourth-order valence-electron chi connectivity index (χ4n) is 4.51. The standard InChI is InChI=1S/C25H29N5OS/c26-16-19-6-8-20(9-7-19)18-30-14-12-29(13-15-30)11-10-24(31)28-25-22(17-27)21-4-2-1-3-5-23(21)32-25/h6-9H,1-5,10-15,18H2,(H,28,31). The van der Waals surface area contributed by atoms with Gasteiger partial charge in [-0.3, -0.25) is 9.69 Å². The molecule has 1 fully saturated rings. The molecule has 0 radical (unpaired) electrons. The van der Waals surface area contributed by atoms with Crippen molar-refractivity contribution in [2.75, 3.05) is 38.0 Å². The number of nitriles is 2. The molecule has 1 amide bonds. The first-order chi connectivity index (χ1) is 15.7. The van der Waals surface area contributed by atoms with E-state index in [9.17, 15) is 10.1 Å². The van der Waals surface area contributed by atoms with Crippen molar-refractivity contribution in [3.05, 3.63) is 51.4 Å². The first-order valence-corrected chi connectivity index (χ1v) is 12.3. The second-order valence-corrected chi connectivity index (χ2v) is 9.71. The average molecular weight is 448 g/mol. The number of piperazine rings is 1. The number of amides is 1. The third kappa shape index (κ3) is 5.55. The number of thiophene rings is 1. The van der Waals surface area contributed by atoms with Crippen LogP contribution < -0.4 is 5.32 Å². The van der Waals surface area contributed by atoms with Crippen LogP contribution in [0, 0.1) is 22.7 Å². The van der Waals surface area contributed by atoms with E-state index in [2.05, 4.69) is 27.3 Å². The van der Waals surface area contributed by atoms with Crippen LogP contribution in [-0.4, -0.2) is 48.4 Å². The van der Waals surface area contributed by atoms with Crippen molar-refractivity contribution in [3.63, 3.8) is 0 Å². The Balaban J connectivity index is 1.22. The number of carbonyl (C=O) groups excluding carboxylic acids is 1. The summed E-state index contributed by atoms with van der Waals surface area (Å²) in [6, 6.07) is 12.3. The zero-order chi connectivity index (χ0) is 22.3. The Morgan fingerprint density at radius 1 is 0.969 bits per heavy atom. The summed E-state index contributed by atoms with van der Waals surface area (Å²) in [6.07, 6.45) is 5.94. The van der Waals surface area contributed by atoms with Gasteiger partial charge < -0.3 is 10.2 Å². The van der Waals surface area contributed by atoms with Crippen molar-refractivity contribution < 1.29 is 4.79 Å². The molecule has 0 unspecified atom stereocenters. The topological polar surface area (TPSA) is 83.2 Å². The maximum absolute atomic E-state index is 12.6. The van der Waals surface area contributed by atoms with Crippen LogP contribution in [0.4, 0.5) is 5.00 Å². The fraction of sp³-hybridized carbons (Fsp3) is 0.480. The molecule has 2 aromatic rings. The maximum Gasteiger partial charge on any atom is 0.226 e. The first-order valence-electron chi connectivity index (χ1n) is 11.4. The molecule has 0 spiro atoms. The van der Waals surface area contributed by atoms with Gasteiger partial charge in [0.15, 0.2) is 0 Å². The van der Waals surface area contributed by atoms with Crippen molar-refractivity contribution in [1.82, 2.24) is 9.80 Å². The molecule has 0 atom stereocenters. The quantitative estimate of drug-likeness (QED) is 0.679. The van der Waals surface area contributed by atoms with Gasteiger partial charge >= 0.3 is 0 Å². The fourth-order valence-corrected chi connectivity index (χ4v) is 5.77. The molecule has 1 aliphatic heterocycles. The molecule has 1 saturated heterocycles. The Kier molecular flexibility index (Phi) is 7.55. The average Bonchev–Trinajstić information content (AvgIpc) is 2.97. The lowest BCUT2D eigenvalue weighted by Gasteiger charge is -2.34. The molecule has 0 saturated carbocycles. The number of nitrogens with one attached hydrogen (secondary N) is 1. The first kappa shape index (κ1) is 22.5. The van der Waals surface area contributed by atoms with Crippen LogP contribution in [0.2, 0.25) is 0 Å². The minimum Gasteiger partial charge on any atom is -0.317 e. The van der Waals surface area contributed by atoms with Crippen LogP contribution in [0.3, 0.4) is 0 Å². The normalized spacial score (nSPS) is 17.1. The number of anilines is 1. The smallest absolute Gasteiger partial charge is 0.226 e. The summed E-state index contributed by atoms with van der Waals surface area (Å²) in [5, 5.41) is 22.3. The molecule has 2 aliphatic rings. The van der Waals surface area contributed by atoms with Gasteiger partial charge in [0, 0.05) is 50.6 Å². The lowest BCUT2D eigenvalue weighted by molar-refractivity contribution is -0.116. The number of hydrogen-bond acceptors (Lipinski definition) is 6. The second kappa shape index (κ2) is 10.7. The Morgan fingerprint density at radius 2 is 1.69 bits per heavy atom. The van der Waals surface area contributed by atoms with E-state index in [4.69, 9.17) is 5.26 Å². The van der Waals surface area contributed by atoms with Crippen LogP contribution in [-0.2, 0) is 24.2 Å². The van der Waals surface area contributed by atoms with E-state index in [0.717, 1.165) is 63.5 Å². The molecule has 7 heteroatoms. The molecule has 4 rings (SSSR count). The Morgan fingerprint density at radius 3 is 2.41 bits per heavy atom. The highest BCUT2D eigenvalue weighted by molar-refractivity contribution is 7.16. The minimum absolute atomic E-state index is 0.00192. The number of hydrogen-bond donors (Lipinski definition) is 1. The maximum atomic E-state index is 12.6. The Hall–Kier alpha value is -2.71. The number of fused-ring (bicyclic) bond motifs is 1. The number of aryl methyl sites for hydroxylation is 1. The van der Waals surface area contributed by atoms with E-state index in [1.54, 1.807) is 11.3 Å². The summed E-state index contributed by atoms with van der Waals surface area (Å²) in [5.74, 6) is -0.00192. The van der Waals surface area contributed by atoms with Crippen LogP contribution >= 0.6 is 11.3 Å². The Bertz CT molecular complexity index is 1020. The molecule has 1 aromatic heterocycles. The van der Waals surface area contributed by atoms with E-state index in [-0.39, 0.29) is 5.91 Å². The highest BCUT2D eigenvalue weighted by atomic mass is 32.1. The zero-order valence-electron chi connectivity index (χ0n) is 18.4. The lowest BCUT2D eigenvalue weighted by Crippen LogP contribution is -2.46. The van der Waals surface area contributed by atoms with E-state index in [0.29, 0.717) is 17.5 Å². The van der Waals surface area contributed by atoms with Crippen molar-refractivity contribution in [1.29, 1.82) is 10.5 Å². The summed E-state index contributed by atoms with van der Waals surface area (Å²) >= 11 is 1.60. The van der Waals surface area contributed by atoms with Gasteiger partial charge in [0.2, 0.25) is 5.91 Å². The van der Waals surface area contributed by atoms with Gasteiger partial charge in [-0.1, -0.05) is 18.6 Å². The molecule has 166 valence electrons. The van der Waals surface area contributed by atoms with Crippen LogP contribution in [0.25, 0.3) is 0 Å². The summed E-state index contributed by atoms with van der Waals surface area (Å²) < 4.78 is 0. The van der Waals surface area contributed by atoms with Gasteiger partial charge in [0.1, 0.15) is 11.1 Å². The monoisotopic (exact) mass is 447 g/mol. The van der Waals surface area contributed by atoms with Crippen LogP contribution in [0.15, 0.2) is 24.3 Å². The van der Waals surface area contributed by atoms with Crippen LogP contribution in [0.1, 0.15) is 52.8 Å². The molecule has 1 aromatic carbocycles. The van der Waals surface area contributed by atoms with Gasteiger partial charge in [-0.2, -0.15) is 10.5 Å². The van der Waals surface area contributed by atoms with Crippen molar-refractivity contribution in [2.24, 2.45) is 0 Å². The van der Waals surface area contributed by atoms with Gasteiger partial charge in [-0.05, 0) is 48.9 Å². The zero-order valence-corrected chi connectivity index (χ0v) is 19.2. The number of rotatable bonds is 6. The summed E-state index contributed by atoms with van der Waals surface area (Å²) in [5.41, 5.74) is 3.77. The van der Waals surface area contributed by atoms with Gasteiger partial charge in [-0.25, -0.2) is 0 Å². The summed E-state index contributed by atoms with van der Waals surface area (Å²) in [4.78, 5) is 18.6. The molecule has 2 heterocycles. The minimum atomic E-state index is -0.00192. The number of nitrogens with zero attached hydrogens (tertiary/aromatic N) is 4. The number of carbonyl (C=O) groups is 1. The molecular weight excluding hydrogens is 418 g/mol. The highest BCUT2D eigenvalue weighted by Crippen LogP contribution is 2.37. The predicted octanol–water partition coefficient (Wildman–Crippen LogP) is 3.91. The Labute approximate surface area is 194 Å². The van der Waals surface area contributed by atoms with E-state index in [1.807, 2.05) is 24.3 Å². The molecule has 1 aliphatic carbocycles. The third-order valence-electron chi connectivity index (χ3n) is 6.40. The summed E-state index contributed by atoms with van der Waals surface area (Å²) in [7, 11) is 0. The SMILES string of the molecule is N#Cc1ccc(CN2CCN(CCC(=O)Nc3sc4c(c3C#N)CCCCC4)CC2)cc1. The predicted molar refractivity (Wildman–Crippen MR) is 126 cm³/mol. The third-order valence-corrected chi connectivity index (χ3v) is 7.60. The molecule has 32 heavy (non-hydrogen) atoms. The van der Waals surface area contributed by atoms with Gasteiger partial charge in [-0.15, -0.1) is 11.3 Å². The van der Waals surface area contributed by atoms with E-state index in [1.165, 1.54) is 28.8 Å². The van der Waals surface area contributed by atoms with Crippen molar-refractivity contribution in [2.45, 2.75) is 45.1 Å². The van der Waals surface area contributed by atoms with Crippen molar-refractivity contribution >= 4 is 22.2 Å². The second-order valence-electron chi connectivity index (χ2n) is 8.61. The highest BCUT2D eigenvalue weighted by Gasteiger charge is 2.22. The summed E-state index contributed by atoms with van der Waals surface area (Å²) in [6.45, 7) is 5.46. The van der Waals surface area contributed by atoms with E-state index < -0.39 is 0 Å². The van der Waals surface area contributed by atoms with Gasteiger partial charge in [0.25, 0.3) is 0 Å². The van der Waals surface area contributed by atoms with Crippen molar-refractivity contribution in [3.8, 4) is 12.1 Å². The lowest BCUT2D eigenvalue weighted by atomic mass is 10.1.